The average molecular weight is 219 g/mol. The molecular weight excluding hydrogens is 210 g/mol. The Labute approximate surface area is 91.0 Å². The molecule has 6 heteroatoms. The highest BCUT2D eigenvalue weighted by molar-refractivity contribution is 5.69. The van der Waals surface area contributed by atoms with Crippen molar-refractivity contribution in [1.82, 2.24) is 9.97 Å². The van der Waals surface area contributed by atoms with E-state index in [0.717, 1.165) is 0 Å². The maximum atomic E-state index is 10.7. The first-order valence-corrected chi connectivity index (χ1v) is 4.53. The Kier molecular flexibility index (Phi) is 2.55. The van der Waals surface area contributed by atoms with Crippen LogP contribution in [-0.4, -0.2) is 22.0 Å². The number of nitrogens with one attached hydrogen (secondary N) is 1. The van der Waals surface area contributed by atoms with Crippen molar-refractivity contribution in [3.05, 3.63) is 40.8 Å². The third kappa shape index (κ3) is 1.72. The van der Waals surface area contributed by atoms with Crippen LogP contribution in [0.4, 0.5) is 5.69 Å². The highest BCUT2D eigenvalue weighted by atomic mass is 16.6. The smallest absolute Gasteiger partial charge is 0.270 e. The monoisotopic (exact) mass is 219 g/mol. The lowest BCUT2D eigenvalue weighted by Crippen LogP contribution is -1.92. The van der Waals surface area contributed by atoms with E-state index in [1.54, 1.807) is 12.3 Å². The minimum atomic E-state index is -0.445. The maximum Gasteiger partial charge on any atom is 0.270 e. The van der Waals surface area contributed by atoms with Crippen LogP contribution in [0.25, 0.3) is 11.3 Å². The fourth-order valence-electron chi connectivity index (χ4n) is 1.42. The Bertz CT molecular complexity index is 508. The minimum Gasteiger partial charge on any atom is -0.496 e. The van der Waals surface area contributed by atoms with Gasteiger partial charge >= 0.3 is 0 Å². The molecule has 0 aliphatic rings. The van der Waals surface area contributed by atoms with Gasteiger partial charge in [0.1, 0.15) is 5.75 Å². The molecule has 2 aromatic rings. The summed E-state index contributed by atoms with van der Waals surface area (Å²) < 4.78 is 5.13. The van der Waals surface area contributed by atoms with Gasteiger partial charge in [-0.2, -0.15) is 0 Å². The lowest BCUT2D eigenvalue weighted by Gasteiger charge is -2.05. The number of hydrogen-bond acceptors (Lipinski definition) is 4. The van der Waals surface area contributed by atoms with Crippen molar-refractivity contribution in [1.29, 1.82) is 0 Å². The molecule has 0 amide bonds. The van der Waals surface area contributed by atoms with Crippen LogP contribution >= 0.6 is 0 Å². The van der Waals surface area contributed by atoms with Crippen LogP contribution in [0.15, 0.2) is 30.7 Å². The standard InChI is InChI=1S/C10H9N3O3/c1-16-10-3-2-7(13(14)15)4-8(10)9-5-11-6-12-9/h2-6H,1H3,(H,11,12). The second-order valence-electron chi connectivity index (χ2n) is 3.11. The normalized spacial score (nSPS) is 10.1. The van der Waals surface area contributed by atoms with Crippen molar-refractivity contribution in [2.24, 2.45) is 0 Å². The van der Waals surface area contributed by atoms with E-state index in [4.69, 9.17) is 4.74 Å². The Morgan fingerprint density at radius 2 is 2.31 bits per heavy atom. The van der Waals surface area contributed by atoms with Gasteiger partial charge in [0, 0.05) is 17.7 Å². The first-order chi connectivity index (χ1) is 7.72. The predicted molar refractivity (Wildman–Crippen MR) is 57.2 cm³/mol. The van der Waals surface area contributed by atoms with Gasteiger partial charge in [0.05, 0.1) is 30.3 Å². The summed E-state index contributed by atoms with van der Waals surface area (Å²) in [6.45, 7) is 0. The molecule has 6 nitrogen and oxygen atoms in total. The first-order valence-electron chi connectivity index (χ1n) is 4.53. The van der Waals surface area contributed by atoms with Gasteiger partial charge in [0.15, 0.2) is 0 Å². The summed E-state index contributed by atoms with van der Waals surface area (Å²) in [5.74, 6) is 0.565. The largest absolute Gasteiger partial charge is 0.496 e. The third-order valence-corrected chi connectivity index (χ3v) is 2.18. The van der Waals surface area contributed by atoms with Crippen molar-refractivity contribution in [2.45, 2.75) is 0 Å². The fourth-order valence-corrected chi connectivity index (χ4v) is 1.42. The van der Waals surface area contributed by atoms with Crippen LogP contribution in [0, 0.1) is 10.1 Å². The predicted octanol–water partition coefficient (Wildman–Crippen LogP) is 1.99. The van der Waals surface area contributed by atoms with E-state index in [0.29, 0.717) is 17.0 Å². The van der Waals surface area contributed by atoms with Gasteiger partial charge in [-0.1, -0.05) is 0 Å². The Hall–Kier alpha value is -2.37. The number of aromatic amines is 1. The van der Waals surface area contributed by atoms with Crippen molar-refractivity contribution in [3.8, 4) is 17.0 Å². The molecule has 0 atom stereocenters. The van der Waals surface area contributed by atoms with Crippen molar-refractivity contribution in [3.63, 3.8) is 0 Å². The number of hydrogen-bond donors (Lipinski definition) is 1. The number of non-ortho nitro benzene ring substituents is 1. The summed E-state index contributed by atoms with van der Waals surface area (Å²) in [4.78, 5) is 17.0. The van der Waals surface area contributed by atoms with Crippen molar-refractivity contribution < 1.29 is 9.66 Å². The number of ether oxygens (including phenoxy) is 1. The molecule has 1 aromatic carbocycles. The number of imidazole rings is 1. The highest BCUT2D eigenvalue weighted by Gasteiger charge is 2.13. The average Bonchev–Trinajstić information content (AvgIpc) is 2.81. The van der Waals surface area contributed by atoms with Crippen LogP contribution in [0.1, 0.15) is 0 Å². The molecule has 0 aliphatic heterocycles. The molecule has 1 aromatic heterocycles. The lowest BCUT2D eigenvalue weighted by molar-refractivity contribution is -0.384. The van der Waals surface area contributed by atoms with E-state index < -0.39 is 4.92 Å². The van der Waals surface area contributed by atoms with Crippen LogP contribution in [0.5, 0.6) is 5.75 Å². The Balaban J connectivity index is 2.56. The fraction of sp³-hybridized carbons (Fsp3) is 0.100. The molecule has 1 heterocycles. The zero-order valence-corrected chi connectivity index (χ0v) is 8.51. The molecule has 16 heavy (non-hydrogen) atoms. The van der Waals surface area contributed by atoms with Crippen LogP contribution in [0.3, 0.4) is 0 Å². The molecule has 1 N–H and O–H groups in total. The second-order valence-corrected chi connectivity index (χ2v) is 3.11. The van der Waals surface area contributed by atoms with Crippen LogP contribution < -0.4 is 4.74 Å². The molecule has 0 radical (unpaired) electrons. The van der Waals surface area contributed by atoms with E-state index >= 15 is 0 Å². The number of nitro groups is 1. The summed E-state index contributed by atoms with van der Waals surface area (Å²) in [5, 5.41) is 10.7. The molecule has 2 rings (SSSR count). The molecule has 0 unspecified atom stereocenters. The first kappa shape index (κ1) is 10.2. The molecular formula is C10H9N3O3. The zero-order chi connectivity index (χ0) is 11.5. The minimum absolute atomic E-state index is 0.0189. The third-order valence-electron chi connectivity index (χ3n) is 2.18. The van der Waals surface area contributed by atoms with Crippen LogP contribution in [-0.2, 0) is 0 Å². The number of nitro benzene ring substituents is 1. The molecule has 0 bridgehead atoms. The second kappa shape index (κ2) is 4.01. The molecule has 0 saturated heterocycles. The van der Waals surface area contributed by atoms with Gasteiger partial charge < -0.3 is 9.72 Å². The summed E-state index contributed by atoms with van der Waals surface area (Å²) >= 11 is 0. The molecule has 0 fully saturated rings. The van der Waals surface area contributed by atoms with Gasteiger partial charge in [0.25, 0.3) is 5.69 Å². The molecule has 0 aliphatic carbocycles. The quantitative estimate of drug-likeness (QED) is 0.632. The number of nitrogens with zero attached hydrogens (tertiary/aromatic N) is 2. The van der Waals surface area contributed by atoms with Crippen molar-refractivity contribution in [2.75, 3.05) is 7.11 Å². The van der Waals surface area contributed by atoms with E-state index in [1.165, 1.54) is 25.6 Å². The van der Waals surface area contributed by atoms with Gasteiger partial charge in [-0.3, -0.25) is 10.1 Å². The lowest BCUT2D eigenvalue weighted by atomic mass is 10.1. The number of aromatic nitrogens is 2. The number of rotatable bonds is 3. The van der Waals surface area contributed by atoms with Gasteiger partial charge in [-0.25, -0.2) is 4.98 Å². The van der Waals surface area contributed by atoms with Crippen molar-refractivity contribution >= 4 is 5.69 Å². The Morgan fingerprint density at radius 3 is 2.88 bits per heavy atom. The van der Waals surface area contributed by atoms with Gasteiger partial charge in [-0.05, 0) is 6.07 Å². The van der Waals surface area contributed by atoms with Gasteiger partial charge in [-0.15, -0.1) is 0 Å². The van der Waals surface area contributed by atoms with E-state index in [-0.39, 0.29) is 5.69 Å². The zero-order valence-electron chi connectivity index (χ0n) is 8.51. The summed E-state index contributed by atoms with van der Waals surface area (Å²) in [6.07, 6.45) is 3.09. The summed E-state index contributed by atoms with van der Waals surface area (Å²) in [5.41, 5.74) is 1.32. The molecule has 0 spiro atoms. The summed E-state index contributed by atoms with van der Waals surface area (Å²) in [6, 6.07) is 4.42. The SMILES string of the molecule is COc1ccc([N+](=O)[O-])cc1-c1cnc[nH]1. The Morgan fingerprint density at radius 1 is 1.50 bits per heavy atom. The van der Waals surface area contributed by atoms with E-state index in [1.807, 2.05) is 0 Å². The number of methoxy groups -OCH3 is 1. The molecule has 0 saturated carbocycles. The van der Waals surface area contributed by atoms with Crippen LogP contribution in [0.2, 0.25) is 0 Å². The van der Waals surface area contributed by atoms with Gasteiger partial charge in [0.2, 0.25) is 0 Å². The maximum absolute atomic E-state index is 10.7. The number of H-pyrrole nitrogens is 1. The number of benzene rings is 1. The molecule has 82 valence electrons. The van der Waals surface area contributed by atoms with E-state index in [9.17, 15) is 10.1 Å². The highest BCUT2D eigenvalue weighted by Crippen LogP contribution is 2.31. The van der Waals surface area contributed by atoms with E-state index in [2.05, 4.69) is 9.97 Å². The summed E-state index contributed by atoms with van der Waals surface area (Å²) in [7, 11) is 1.51. The topological polar surface area (TPSA) is 81.1 Å².